The quantitative estimate of drug-likeness (QED) is 0.338. The maximum Gasteiger partial charge on any atom is 0.313 e. The minimum absolute atomic E-state index is 0.308. The topological polar surface area (TPSA) is 43.4 Å². The molecule has 0 fully saturated rings. The number of cyclic esters (lactones) is 2. The van der Waals surface area contributed by atoms with Crippen LogP contribution in [0.15, 0.2) is 12.2 Å². The molecule has 0 N–H and O–H groups in total. The second-order valence-corrected chi connectivity index (χ2v) is 6.28. The van der Waals surface area contributed by atoms with Crippen molar-refractivity contribution < 1.29 is 14.3 Å². The lowest BCUT2D eigenvalue weighted by Gasteiger charge is -2.04. The van der Waals surface area contributed by atoms with E-state index >= 15 is 0 Å². The summed E-state index contributed by atoms with van der Waals surface area (Å²) in [6.45, 7) is 0. The van der Waals surface area contributed by atoms with E-state index in [-0.39, 0.29) is 11.9 Å². The van der Waals surface area contributed by atoms with Crippen molar-refractivity contribution in [3.63, 3.8) is 0 Å². The molecule has 1 aliphatic heterocycles. The summed E-state index contributed by atoms with van der Waals surface area (Å²) < 4.78 is 4.82. The van der Waals surface area contributed by atoms with Crippen molar-refractivity contribution in [3.05, 3.63) is 12.2 Å². The number of ether oxygens (including phenoxy) is 1. The molecule has 1 heterocycles. The Morgan fingerprint density at radius 1 is 0.545 bits per heavy atom. The molecule has 0 aromatic rings. The van der Waals surface area contributed by atoms with Gasteiger partial charge in [-0.2, -0.15) is 0 Å². The van der Waals surface area contributed by atoms with Crippen LogP contribution < -0.4 is 0 Å². The van der Waals surface area contributed by atoms with Crippen LogP contribution in [0.3, 0.4) is 0 Å². The minimum atomic E-state index is -0.385. The van der Waals surface area contributed by atoms with Crippen molar-refractivity contribution in [2.45, 2.75) is 96.3 Å². The van der Waals surface area contributed by atoms with Crippen LogP contribution in [0.5, 0.6) is 0 Å². The predicted molar refractivity (Wildman–Crippen MR) is 89.5 cm³/mol. The lowest BCUT2D eigenvalue weighted by molar-refractivity contribution is -0.159. The fourth-order valence-electron chi connectivity index (χ4n) is 2.79. The van der Waals surface area contributed by atoms with E-state index in [0.717, 1.165) is 19.3 Å². The number of carbonyl (C=O) groups excluding carboxylic acids is 2. The third kappa shape index (κ3) is 11.5. The van der Waals surface area contributed by atoms with Crippen LogP contribution in [0.25, 0.3) is 0 Å². The Labute approximate surface area is 135 Å². The van der Waals surface area contributed by atoms with E-state index in [1.807, 2.05) is 6.08 Å². The largest absolute Gasteiger partial charge is 0.393 e. The van der Waals surface area contributed by atoms with Gasteiger partial charge in [0.15, 0.2) is 0 Å². The van der Waals surface area contributed by atoms with Crippen molar-refractivity contribution in [2.75, 3.05) is 0 Å². The van der Waals surface area contributed by atoms with Gasteiger partial charge in [-0.15, -0.1) is 0 Å². The number of rotatable bonds is 0. The van der Waals surface area contributed by atoms with Gasteiger partial charge in [0.2, 0.25) is 0 Å². The molecule has 1 rings (SSSR count). The van der Waals surface area contributed by atoms with Gasteiger partial charge in [-0.3, -0.25) is 9.59 Å². The summed E-state index contributed by atoms with van der Waals surface area (Å²) in [7, 11) is 0. The molecule has 126 valence electrons. The minimum Gasteiger partial charge on any atom is -0.393 e. The molecule has 0 atom stereocenters. The summed E-state index contributed by atoms with van der Waals surface area (Å²) in [6, 6.07) is 0. The van der Waals surface area contributed by atoms with Crippen LogP contribution in [0, 0.1) is 0 Å². The normalized spacial score (nSPS) is 22.0. The summed E-state index contributed by atoms with van der Waals surface area (Å²) in [5.74, 6) is -0.743. The summed E-state index contributed by atoms with van der Waals surface area (Å²) in [4.78, 5) is 23.0. The maximum absolute atomic E-state index is 11.5. The molecule has 0 aliphatic carbocycles. The third-order valence-corrected chi connectivity index (χ3v) is 4.16. The molecule has 0 amide bonds. The zero-order valence-corrected chi connectivity index (χ0v) is 14.0. The smallest absolute Gasteiger partial charge is 0.313 e. The molecule has 1 aliphatic rings. The second kappa shape index (κ2) is 13.5. The van der Waals surface area contributed by atoms with Gasteiger partial charge < -0.3 is 4.74 Å². The average molecular weight is 308 g/mol. The number of hydrogen-bond acceptors (Lipinski definition) is 3. The first-order valence-electron chi connectivity index (χ1n) is 9.17. The first-order valence-corrected chi connectivity index (χ1v) is 9.17. The SMILES string of the molecule is O=C1CCC=CCCCCCCCCCCCCCC(=O)O1. The Morgan fingerprint density at radius 3 is 1.64 bits per heavy atom. The summed E-state index contributed by atoms with van der Waals surface area (Å²) in [5.41, 5.74) is 0. The predicted octanol–water partition coefficient (Wildman–Crippen LogP) is 5.48. The van der Waals surface area contributed by atoms with Crippen molar-refractivity contribution in [2.24, 2.45) is 0 Å². The number of hydrogen-bond donors (Lipinski definition) is 0. The number of carbonyl (C=O) groups is 2. The van der Waals surface area contributed by atoms with Crippen molar-refractivity contribution >= 4 is 11.9 Å². The molecule has 0 bridgehead atoms. The van der Waals surface area contributed by atoms with E-state index in [9.17, 15) is 9.59 Å². The highest BCUT2D eigenvalue weighted by molar-refractivity contribution is 5.85. The summed E-state index contributed by atoms with van der Waals surface area (Å²) >= 11 is 0. The standard InChI is InChI=1S/C19H32O3/c20-18-16-14-12-10-8-6-4-2-1-3-5-7-9-11-13-15-17-19(21)22-18/h10,12H,1-9,11,13-17H2. The van der Waals surface area contributed by atoms with Gasteiger partial charge in [0.1, 0.15) is 0 Å². The first kappa shape index (κ1) is 18.9. The Hall–Kier alpha value is -1.12. The Balaban J connectivity index is 2.25. The van der Waals surface area contributed by atoms with Gasteiger partial charge in [0.05, 0.1) is 0 Å². The zero-order valence-electron chi connectivity index (χ0n) is 14.0. The lowest BCUT2D eigenvalue weighted by atomic mass is 10.0. The van der Waals surface area contributed by atoms with Crippen LogP contribution in [0.1, 0.15) is 96.3 Å². The van der Waals surface area contributed by atoms with E-state index in [1.54, 1.807) is 0 Å². The Morgan fingerprint density at radius 2 is 1.00 bits per heavy atom. The van der Waals surface area contributed by atoms with Gasteiger partial charge in [0, 0.05) is 12.8 Å². The molecule has 0 aromatic heterocycles. The van der Waals surface area contributed by atoms with Crippen molar-refractivity contribution in [1.29, 1.82) is 0 Å². The van der Waals surface area contributed by atoms with Crippen LogP contribution in [0.2, 0.25) is 0 Å². The Bertz CT molecular complexity index is 334. The third-order valence-electron chi connectivity index (χ3n) is 4.16. The fourth-order valence-corrected chi connectivity index (χ4v) is 2.79. The van der Waals surface area contributed by atoms with Gasteiger partial charge in [-0.1, -0.05) is 69.9 Å². The highest BCUT2D eigenvalue weighted by atomic mass is 16.6. The highest BCUT2D eigenvalue weighted by Gasteiger charge is 2.09. The highest BCUT2D eigenvalue weighted by Crippen LogP contribution is 2.13. The number of allylic oxidation sites excluding steroid dienone is 2. The van der Waals surface area contributed by atoms with Gasteiger partial charge in [-0.05, 0) is 25.7 Å². The average Bonchev–Trinajstić information content (AvgIpc) is 2.49. The van der Waals surface area contributed by atoms with E-state index < -0.39 is 0 Å². The molecule has 0 aromatic carbocycles. The van der Waals surface area contributed by atoms with Crippen LogP contribution >= 0.6 is 0 Å². The summed E-state index contributed by atoms with van der Waals surface area (Å²) in [5, 5.41) is 0. The van der Waals surface area contributed by atoms with Crippen LogP contribution in [-0.4, -0.2) is 11.9 Å². The van der Waals surface area contributed by atoms with E-state index in [0.29, 0.717) is 19.3 Å². The zero-order chi connectivity index (χ0) is 15.9. The van der Waals surface area contributed by atoms with E-state index in [4.69, 9.17) is 4.74 Å². The maximum atomic E-state index is 11.5. The lowest BCUT2D eigenvalue weighted by Crippen LogP contribution is -2.11. The molecule has 0 spiro atoms. The van der Waals surface area contributed by atoms with E-state index in [1.165, 1.54) is 57.8 Å². The molecule has 0 saturated carbocycles. The van der Waals surface area contributed by atoms with Crippen LogP contribution in [0.4, 0.5) is 0 Å². The van der Waals surface area contributed by atoms with Gasteiger partial charge in [-0.25, -0.2) is 0 Å². The second-order valence-electron chi connectivity index (χ2n) is 6.28. The monoisotopic (exact) mass is 308 g/mol. The van der Waals surface area contributed by atoms with Gasteiger partial charge >= 0.3 is 11.9 Å². The molecule has 3 heteroatoms. The van der Waals surface area contributed by atoms with Crippen LogP contribution in [-0.2, 0) is 14.3 Å². The van der Waals surface area contributed by atoms with E-state index in [2.05, 4.69) is 6.08 Å². The fraction of sp³-hybridized carbons (Fsp3) is 0.789. The van der Waals surface area contributed by atoms with Crippen molar-refractivity contribution in [1.82, 2.24) is 0 Å². The number of esters is 2. The summed E-state index contributed by atoms with van der Waals surface area (Å²) in [6.07, 6.45) is 20.3. The Kier molecular flexibility index (Phi) is 11.6. The molecular formula is C19H32O3. The van der Waals surface area contributed by atoms with Gasteiger partial charge in [0.25, 0.3) is 0 Å². The molecule has 0 saturated heterocycles. The molecule has 0 radical (unpaired) electrons. The molecular weight excluding hydrogens is 276 g/mol. The molecule has 3 nitrogen and oxygen atoms in total. The first-order chi connectivity index (χ1) is 10.8. The molecule has 22 heavy (non-hydrogen) atoms. The van der Waals surface area contributed by atoms with Crippen molar-refractivity contribution in [3.8, 4) is 0 Å². The molecule has 0 unspecified atom stereocenters.